The third kappa shape index (κ3) is 5.35. The van der Waals surface area contributed by atoms with Gasteiger partial charge < -0.3 is 4.74 Å². The number of rotatable bonds is 5. The zero-order valence-corrected chi connectivity index (χ0v) is 20.8. The standard InChI is InChI=1S/C24H15Br2ClN2O4/c25-16-3-1-14(2-4-16)13-33-21-10-5-17(26)11-15(21)12-20-22(30)28-24(32)29(23(20)31)19-8-6-18(27)7-9-19/h1-12H,13H2,(H,28,30,32)/b20-12+. The lowest BCUT2D eigenvalue weighted by atomic mass is 10.1. The monoisotopic (exact) mass is 588 g/mol. The molecule has 4 amide bonds. The number of anilines is 1. The third-order valence-corrected chi connectivity index (χ3v) is 6.04. The Morgan fingerprint density at radius 3 is 2.27 bits per heavy atom. The van der Waals surface area contributed by atoms with E-state index in [1.165, 1.54) is 18.2 Å². The number of amides is 4. The normalized spacial score (nSPS) is 15.1. The molecule has 0 spiro atoms. The largest absolute Gasteiger partial charge is 0.488 e. The van der Waals surface area contributed by atoms with Gasteiger partial charge in [-0.25, -0.2) is 9.69 Å². The first-order valence-corrected chi connectivity index (χ1v) is 11.6. The minimum absolute atomic E-state index is 0.198. The van der Waals surface area contributed by atoms with Gasteiger partial charge in [-0.1, -0.05) is 55.6 Å². The second-order valence-electron chi connectivity index (χ2n) is 7.03. The van der Waals surface area contributed by atoms with Gasteiger partial charge in [0.15, 0.2) is 0 Å². The molecule has 9 heteroatoms. The van der Waals surface area contributed by atoms with Gasteiger partial charge in [0.25, 0.3) is 11.8 Å². The van der Waals surface area contributed by atoms with Crippen LogP contribution in [0.15, 0.2) is 81.2 Å². The molecule has 3 aromatic rings. The second-order valence-corrected chi connectivity index (χ2v) is 9.30. The van der Waals surface area contributed by atoms with Gasteiger partial charge in [-0.15, -0.1) is 0 Å². The molecule has 0 saturated carbocycles. The third-order valence-electron chi connectivity index (χ3n) is 4.77. The highest BCUT2D eigenvalue weighted by Crippen LogP contribution is 2.29. The topological polar surface area (TPSA) is 75.7 Å². The SMILES string of the molecule is O=C1NC(=O)N(c2ccc(Cl)cc2)C(=O)/C1=C/c1cc(Br)ccc1OCc1ccc(Br)cc1. The number of imide groups is 2. The molecular formula is C24H15Br2ClN2O4. The quantitative estimate of drug-likeness (QED) is 0.288. The fourth-order valence-electron chi connectivity index (χ4n) is 3.14. The van der Waals surface area contributed by atoms with Crippen LogP contribution in [0.25, 0.3) is 6.08 Å². The van der Waals surface area contributed by atoms with Crippen molar-refractivity contribution in [3.8, 4) is 5.75 Å². The average Bonchev–Trinajstić information content (AvgIpc) is 2.78. The summed E-state index contributed by atoms with van der Waals surface area (Å²) in [4.78, 5) is 38.9. The summed E-state index contributed by atoms with van der Waals surface area (Å²) in [5.74, 6) is -1.05. The first-order chi connectivity index (χ1) is 15.8. The molecule has 1 heterocycles. The van der Waals surface area contributed by atoms with Crippen molar-refractivity contribution in [3.05, 3.63) is 97.4 Å². The summed E-state index contributed by atoms with van der Waals surface area (Å²) in [7, 11) is 0. The number of nitrogens with one attached hydrogen (secondary N) is 1. The van der Waals surface area contributed by atoms with E-state index < -0.39 is 17.8 Å². The molecule has 0 aliphatic carbocycles. The Morgan fingerprint density at radius 1 is 0.909 bits per heavy atom. The van der Waals surface area contributed by atoms with E-state index in [0.717, 1.165) is 19.4 Å². The highest BCUT2D eigenvalue weighted by Gasteiger charge is 2.37. The van der Waals surface area contributed by atoms with Crippen molar-refractivity contribution in [1.82, 2.24) is 5.32 Å². The number of halogens is 3. The van der Waals surface area contributed by atoms with Crippen LogP contribution in [0.3, 0.4) is 0 Å². The first-order valence-electron chi connectivity index (χ1n) is 9.65. The van der Waals surface area contributed by atoms with Crippen LogP contribution in [0, 0.1) is 0 Å². The number of benzene rings is 3. The van der Waals surface area contributed by atoms with Crippen LogP contribution in [0.5, 0.6) is 5.75 Å². The zero-order valence-electron chi connectivity index (χ0n) is 16.8. The number of nitrogens with zero attached hydrogens (tertiary/aromatic N) is 1. The summed E-state index contributed by atoms with van der Waals surface area (Å²) in [6, 6.07) is 18.3. The number of barbiturate groups is 1. The molecule has 0 aromatic heterocycles. The molecule has 6 nitrogen and oxygen atoms in total. The molecule has 33 heavy (non-hydrogen) atoms. The van der Waals surface area contributed by atoms with Crippen molar-refractivity contribution in [3.63, 3.8) is 0 Å². The van der Waals surface area contributed by atoms with E-state index in [1.54, 1.807) is 30.3 Å². The molecule has 0 bridgehead atoms. The minimum atomic E-state index is -0.828. The Morgan fingerprint density at radius 2 is 1.58 bits per heavy atom. The van der Waals surface area contributed by atoms with Gasteiger partial charge in [-0.05, 0) is 66.2 Å². The second kappa shape index (κ2) is 9.91. The van der Waals surface area contributed by atoms with Crippen molar-refractivity contribution >= 4 is 73.1 Å². The molecule has 1 aliphatic heterocycles. The number of carbonyl (C=O) groups is 3. The van der Waals surface area contributed by atoms with E-state index >= 15 is 0 Å². The lowest BCUT2D eigenvalue weighted by molar-refractivity contribution is -0.122. The molecule has 1 N–H and O–H groups in total. The number of hydrogen-bond acceptors (Lipinski definition) is 4. The van der Waals surface area contributed by atoms with Crippen molar-refractivity contribution in [2.24, 2.45) is 0 Å². The molecule has 1 fully saturated rings. The molecule has 0 radical (unpaired) electrons. The number of carbonyl (C=O) groups excluding carboxylic acids is 3. The molecule has 1 aliphatic rings. The fourth-order valence-corrected chi connectivity index (χ4v) is 3.91. The number of urea groups is 1. The molecule has 0 unspecified atom stereocenters. The van der Waals surface area contributed by atoms with Gasteiger partial charge in [-0.3, -0.25) is 14.9 Å². The van der Waals surface area contributed by atoms with Gasteiger partial charge in [0, 0.05) is 19.5 Å². The van der Waals surface area contributed by atoms with Gasteiger partial charge in [0.1, 0.15) is 17.9 Å². The predicted octanol–water partition coefficient (Wildman–Crippen LogP) is 6.11. The average molecular weight is 591 g/mol. The lowest BCUT2D eigenvalue weighted by Crippen LogP contribution is -2.54. The molecule has 0 atom stereocenters. The molecule has 3 aromatic carbocycles. The van der Waals surface area contributed by atoms with Crippen LogP contribution in [0.1, 0.15) is 11.1 Å². The van der Waals surface area contributed by atoms with Crippen LogP contribution in [-0.4, -0.2) is 17.8 Å². The Labute approximate surface area is 211 Å². The van der Waals surface area contributed by atoms with Crippen LogP contribution >= 0.6 is 43.5 Å². The number of ether oxygens (including phenoxy) is 1. The van der Waals surface area contributed by atoms with E-state index in [-0.39, 0.29) is 5.57 Å². The maximum atomic E-state index is 13.1. The molecule has 166 valence electrons. The van der Waals surface area contributed by atoms with Crippen LogP contribution < -0.4 is 15.0 Å². The van der Waals surface area contributed by atoms with Gasteiger partial charge in [0.2, 0.25) is 0 Å². The summed E-state index contributed by atoms with van der Waals surface area (Å²) in [6.45, 7) is 0.292. The summed E-state index contributed by atoms with van der Waals surface area (Å²) < 4.78 is 7.65. The smallest absolute Gasteiger partial charge is 0.335 e. The highest BCUT2D eigenvalue weighted by atomic mass is 79.9. The van der Waals surface area contributed by atoms with Gasteiger partial charge in [-0.2, -0.15) is 0 Å². The predicted molar refractivity (Wildman–Crippen MR) is 133 cm³/mol. The Kier molecular flexibility index (Phi) is 6.97. The van der Waals surface area contributed by atoms with Crippen molar-refractivity contribution in [1.29, 1.82) is 0 Å². The van der Waals surface area contributed by atoms with Crippen LogP contribution in [-0.2, 0) is 16.2 Å². The van der Waals surface area contributed by atoms with E-state index in [1.807, 2.05) is 24.3 Å². The summed E-state index contributed by atoms with van der Waals surface area (Å²) >= 11 is 12.7. The van der Waals surface area contributed by atoms with Crippen molar-refractivity contribution in [2.75, 3.05) is 4.90 Å². The Balaban J connectivity index is 1.66. The van der Waals surface area contributed by atoms with E-state index in [0.29, 0.717) is 28.6 Å². The van der Waals surface area contributed by atoms with Crippen molar-refractivity contribution < 1.29 is 19.1 Å². The van der Waals surface area contributed by atoms with E-state index in [4.69, 9.17) is 16.3 Å². The maximum absolute atomic E-state index is 13.1. The van der Waals surface area contributed by atoms with Crippen LogP contribution in [0.4, 0.5) is 10.5 Å². The van der Waals surface area contributed by atoms with Crippen molar-refractivity contribution in [2.45, 2.75) is 6.61 Å². The first kappa shape index (κ1) is 23.2. The summed E-state index contributed by atoms with van der Waals surface area (Å²) in [5.41, 5.74) is 1.55. The minimum Gasteiger partial charge on any atom is -0.488 e. The Bertz CT molecular complexity index is 1270. The lowest BCUT2D eigenvalue weighted by Gasteiger charge is -2.26. The van der Waals surface area contributed by atoms with E-state index in [9.17, 15) is 14.4 Å². The van der Waals surface area contributed by atoms with E-state index in [2.05, 4.69) is 37.2 Å². The molecular weight excluding hydrogens is 576 g/mol. The number of hydrogen-bond donors (Lipinski definition) is 1. The molecule has 4 rings (SSSR count). The Hall–Kier alpha value is -2.94. The molecule has 1 saturated heterocycles. The summed E-state index contributed by atoms with van der Waals surface area (Å²) in [6.07, 6.45) is 1.41. The fraction of sp³-hybridized carbons (Fsp3) is 0.0417. The van der Waals surface area contributed by atoms with Crippen LogP contribution in [0.2, 0.25) is 5.02 Å². The summed E-state index contributed by atoms with van der Waals surface area (Å²) in [5, 5.41) is 2.67. The van der Waals surface area contributed by atoms with Gasteiger partial charge >= 0.3 is 6.03 Å². The van der Waals surface area contributed by atoms with Gasteiger partial charge in [0.05, 0.1) is 5.69 Å². The highest BCUT2D eigenvalue weighted by molar-refractivity contribution is 9.10. The zero-order chi connectivity index (χ0) is 23.5. The maximum Gasteiger partial charge on any atom is 0.335 e.